The van der Waals surface area contributed by atoms with E-state index in [2.05, 4.69) is 15.3 Å². The Hall–Kier alpha value is -1.72. The number of nitrogens with one attached hydrogen (secondary N) is 2. The van der Waals surface area contributed by atoms with E-state index in [0.29, 0.717) is 36.0 Å². The van der Waals surface area contributed by atoms with Crippen molar-refractivity contribution in [2.45, 2.75) is 38.3 Å². The molecule has 0 amide bonds. The molecule has 112 valence electrons. The molecular weight excluding hydrogens is 266 g/mol. The zero-order valence-corrected chi connectivity index (χ0v) is 12.1. The second-order valence-corrected chi connectivity index (χ2v) is 5.52. The van der Waals surface area contributed by atoms with Crippen molar-refractivity contribution in [1.29, 1.82) is 0 Å². The van der Waals surface area contributed by atoms with E-state index >= 15 is 0 Å². The fraction of sp³-hybridized carbons (Fsp3) is 0.500. The minimum Gasteiger partial charge on any atom is -0.373 e. The smallest absolute Gasteiger partial charge is 0.258 e. The average Bonchev–Trinajstić information content (AvgIpc) is 2.53. The van der Waals surface area contributed by atoms with Crippen molar-refractivity contribution in [2.24, 2.45) is 0 Å². The molecule has 0 radical (unpaired) electrons. The van der Waals surface area contributed by atoms with E-state index in [9.17, 15) is 4.79 Å². The van der Waals surface area contributed by atoms with Crippen LogP contribution < -0.4 is 10.9 Å². The third-order valence-electron chi connectivity index (χ3n) is 3.92. The summed E-state index contributed by atoms with van der Waals surface area (Å²) in [4.78, 5) is 19.1. The molecule has 3 rings (SSSR count). The second-order valence-electron chi connectivity index (χ2n) is 5.52. The van der Waals surface area contributed by atoms with E-state index in [1.165, 1.54) is 19.3 Å². The molecule has 5 heteroatoms. The monoisotopic (exact) mass is 287 g/mol. The summed E-state index contributed by atoms with van der Waals surface area (Å²) in [6, 6.07) is 7.92. The summed E-state index contributed by atoms with van der Waals surface area (Å²) in [6.45, 7) is 2.16. The van der Waals surface area contributed by atoms with E-state index in [0.717, 1.165) is 13.0 Å². The highest BCUT2D eigenvalue weighted by Gasteiger charge is 2.12. The number of rotatable bonds is 5. The molecule has 0 saturated carbocycles. The number of para-hydroxylation sites is 1. The van der Waals surface area contributed by atoms with Crippen LogP contribution in [-0.4, -0.2) is 29.2 Å². The number of H-pyrrole nitrogens is 1. The van der Waals surface area contributed by atoms with Gasteiger partial charge in [0, 0.05) is 12.6 Å². The number of aromatic amines is 1. The molecule has 2 aromatic rings. The van der Waals surface area contributed by atoms with Crippen LogP contribution in [0.15, 0.2) is 29.1 Å². The van der Waals surface area contributed by atoms with Crippen molar-refractivity contribution in [1.82, 2.24) is 15.3 Å². The zero-order chi connectivity index (χ0) is 14.5. The highest BCUT2D eigenvalue weighted by Crippen LogP contribution is 2.10. The Kier molecular flexibility index (Phi) is 4.62. The van der Waals surface area contributed by atoms with E-state index in [1.54, 1.807) is 6.07 Å². The number of piperidine rings is 1. The summed E-state index contributed by atoms with van der Waals surface area (Å²) >= 11 is 0. The molecule has 1 atom stereocenters. The van der Waals surface area contributed by atoms with Gasteiger partial charge in [-0.15, -0.1) is 0 Å². The Morgan fingerprint density at radius 1 is 1.29 bits per heavy atom. The molecule has 0 aliphatic carbocycles. The number of hydrogen-bond acceptors (Lipinski definition) is 4. The van der Waals surface area contributed by atoms with Crippen molar-refractivity contribution >= 4 is 10.9 Å². The molecule has 1 aliphatic heterocycles. The Morgan fingerprint density at radius 2 is 2.19 bits per heavy atom. The number of hydrogen-bond donors (Lipinski definition) is 2. The molecule has 0 bridgehead atoms. The second kappa shape index (κ2) is 6.83. The first-order valence-electron chi connectivity index (χ1n) is 7.62. The Labute approximate surface area is 123 Å². The van der Waals surface area contributed by atoms with E-state index in [-0.39, 0.29) is 5.56 Å². The van der Waals surface area contributed by atoms with Gasteiger partial charge < -0.3 is 15.0 Å². The lowest BCUT2D eigenvalue weighted by Crippen LogP contribution is -2.34. The molecule has 1 fully saturated rings. The number of benzene rings is 1. The molecule has 1 unspecified atom stereocenters. The maximum absolute atomic E-state index is 11.9. The molecule has 21 heavy (non-hydrogen) atoms. The van der Waals surface area contributed by atoms with Crippen LogP contribution in [-0.2, 0) is 11.3 Å². The van der Waals surface area contributed by atoms with E-state index < -0.39 is 0 Å². The zero-order valence-electron chi connectivity index (χ0n) is 12.1. The normalized spacial score (nSPS) is 19.0. The third kappa shape index (κ3) is 3.68. The quantitative estimate of drug-likeness (QED) is 0.825. The minimum atomic E-state index is -0.104. The van der Waals surface area contributed by atoms with Crippen LogP contribution in [0.1, 0.15) is 31.5 Å². The van der Waals surface area contributed by atoms with Gasteiger partial charge in [0.1, 0.15) is 12.4 Å². The molecule has 2 heterocycles. The third-order valence-corrected chi connectivity index (χ3v) is 3.92. The summed E-state index contributed by atoms with van der Waals surface area (Å²) in [5.41, 5.74) is 0.613. The van der Waals surface area contributed by atoms with Gasteiger partial charge >= 0.3 is 0 Å². The first-order valence-corrected chi connectivity index (χ1v) is 7.62. The van der Waals surface area contributed by atoms with Crippen LogP contribution in [0, 0.1) is 0 Å². The van der Waals surface area contributed by atoms with Gasteiger partial charge in [-0.25, -0.2) is 4.98 Å². The van der Waals surface area contributed by atoms with Crippen LogP contribution in [0.2, 0.25) is 0 Å². The topological polar surface area (TPSA) is 67.0 Å². The molecule has 5 nitrogen and oxygen atoms in total. The molecule has 1 aromatic carbocycles. The lowest BCUT2D eigenvalue weighted by atomic mass is 10.0. The number of nitrogens with zero attached hydrogens (tertiary/aromatic N) is 1. The first kappa shape index (κ1) is 14.2. The number of fused-ring (bicyclic) bond motifs is 1. The predicted octanol–water partition coefficient (Wildman–Crippen LogP) is 1.97. The van der Waals surface area contributed by atoms with Crippen molar-refractivity contribution < 1.29 is 4.74 Å². The highest BCUT2D eigenvalue weighted by atomic mass is 16.5. The summed E-state index contributed by atoms with van der Waals surface area (Å²) in [5, 5.41) is 4.12. The average molecular weight is 287 g/mol. The van der Waals surface area contributed by atoms with Crippen LogP contribution in [0.5, 0.6) is 0 Å². The van der Waals surface area contributed by atoms with Gasteiger partial charge in [0.05, 0.1) is 10.9 Å². The van der Waals surface area contributed by atoms with Crippen LogP contribution in [0.25, 0.3) is 10.9 Å². The van der Waals surface area contributed by atoms with Crippen molar-refractivity contribution in [3.63, 3.8) is 0 Å². The van der Waals surface area contributed by atoms with Crippen LogP contribution in [0.4, 0.5) is 0 Å². The molecular formula is C16H21N3O2. The Bertz CT molecular complexity index is 647. The largest absolute Gasteiger partial charge is 0.373 e. The molecule has 1 aromatic heterocycles. The standard InChI is InChI=1S/C16H21N3O2/c20-16-13-6-1-2-7-14(13)18-15(19-16)11-21-10-8-12-5-3-4-9-17-12/h1-2,6-7,12,17H,3-5,8-11H2,(H,18,19,20). The van der Waals surface area contributed by atoms with Crippen molar-refractivity contribution in [3.8, 4) is 0 Å². The Balaban J connectivity index is 1.54. The SMILES string of the molecule is O=c1[nH]c(COCCC2CCCCN2)nc2ccccc12. The van der Waals surface area contributed by atoms with Gasteiger partial charge in [0.15, 0.2) is 0 Å². The Morgan fingerprint density at radius 3 is 3.05 bits per heavy atom. The van der Waals surface area contributed by atoms with Crippen molar-refractivity contribution in [2.75, 3.05) is 13.2 Å². The molecule has 0 spiro atoms. The highest BCUT2D eigenvalue weighted by molar-refractivity contribution is 5.77. The summed E-state index contributed by atoms with van der Waals surface area (Å²) < 4.78 is 5.65. The summed E-state index contributed by atoms with van der Waals surface area (Å²) in [6.07, 6.45) is 4.82. The van der Waals surface area contributed by atoms with Gasteiger partial charge in [0.25, 0.3) is 5.56 Å². The van der Waals surface area contributed by atoms with Gasteiger partial charge in [-0.3, -0.25) is 4.79 Å². The predicted molar refractivity (Wildman–Crippen MR) is 82.3 cm³/mol. The maximum Gasteiger partial charge on any atom is 0.258 e. The fourth-order valence-electron chi connectivity index (χ4n) is 2.77. The van der Waals surface area contributed by atoms with Gasteiger partial charge in [0.2, 0.25) is 0 Å². The summed E-state index contributed by atoms with van der Waals surface area (Å²) in [5.74, 6) is 0.593. The van der Waals surface area contributed by atoms with E-state index in [1.807, 2.05) is 18.2 Å². The lowest BCUT2D eigenvalue weighted by molar-refractivity contribution is 0.103. The minimum absolute atomic E-state index is 0.104. The molecule has 1 aliphatic rings. The first-order chi connectivity index (χ1) is 10.3. The molecule has 1 saturated heterocycles. The lowest BCUT2D eigenvalue weighted by Gasteiger charge is -2.23. The van der Waals surface area contributed by atoms with Gasteiger partial charge in [-0.05, 0) is 37.9 Å². The number of ether oxygens (including phenoxy) is 1. The fourth-order valence-corrected chi connectivity index (χ4v) is 2.77. The van der Waals surface area contributed by atoms with E-state index in [4.69, 9.17) is 4.74 Å². The molecule has 2 N–H and O–H groups in total. The maximum atomic E-state index is 11.9. The van der Waals surface area contributed by atoms with Gasteiger partial charge in [-0.2, -0.15) is 0 Å². The van der Waals surface area contributed by atoms with Crippen LogP contribution >= 0.6 is 0 Å². The van der Waals surface area contributed by atoms with Crippen LogP contribution in [0.3, 0.4) is 0 Å². The summed E-state index contributed by atoms with van der Waals surface area (Å²) in [7, 11) is 0. The van der Waals surface area contributed by atoms with Crippen molar-refractivity contribution in [3.05, 3.63) is 40.4 Å². The van der Waals surface area contributed by atoms with Gasteiger partial charge in [-0.1, -0.05) is 18.6 Å². The number of aromatic nitrogens is 2.